The van der Waals surface area contributed by atoms with E-state index in [0.717, 1.165) is 12.1 Å². The first-order chi connectivity index (χ1) is 12.0. The Labute approximate surface area is 148 Å². The second-order valence-electron chi connectivity index (χ2n) is 5.95. The van der Waals surface area contributed by atoms with E-state index >= 15 is 0 Å². The van der Waals surface area contributed by atoms with Crippen LogP contribution < -0.4 is 10.1 Å². The fraction of sp³-hybridized carbons (Fsp3) is 0.400. The Morgan fingerprint density at radius 2 is 1.81 bits per heavy atom. The molecule has 1 amide bonds. The number of hydrogen-bond acceptors (Lipinski definition) is 8. The molecule has 0 spiro atoms. The third-order valence-electron chi connectivity index (χ3n) is 2.61. The summed E-state index contributed by atoms with van der Waals surface area (Å²) in [6, 6.07) is 3.04. The number of carbonyl (C=O) groups excluding carboxylic acids is 2. The predicted molar refractivity (Wildman–Crippen MR) is 85.9 cm³/mol. The third-order valence-corrected chi connectivity index (χ3v) is 2.61. The van der Waals surface area contributed by atoms with Crippen molar-refractivity contribution in [2.45, 2.75) is 32.4 Å². The van der Waals surface area contributed by atoms with Gasteiger partial charge in [0.15, 0.2) is 6.04 Å². The first-order valence-corrected chi connectivity index (χ1v) is 7.29. The van der Waals surface area contributed by atoms with Crippen molar-refractivity contribution in [3.63, 3.8) is 0 Å². The van der Waals surface area contributed by atoms with E-state index in [1.54, 1.807) is 20.8 Å². The van der Waals surface area contributed by atoms with Crippen molar-refractivity contribution in [3.05, 3.63) is 34.4 Å². The molecule has 0 radical (unpaired) electrons. The van der Waals surface area contributed by atoms with E-state index < -0.39 is 41.4 Å². The van der Waals surface area contributed by atoms with E-state index in [1.165, 1.54) is 12.1 Å². The number of benzene rings is 1. The van der Waals surface area contributed by atoms with Crippen LogP contribution in [0.5, 0.6) is 5.75 Å². The summed E-state index contributed by atoms with van der Waals surface area (Å²) in [5, 5.41) is 21.6. The fourth-order valence-electron chi connectivity index (χ4n) is 1.54. The number of amides is 1. The number of nitro groups is 1. The number of nitrogens with zero attached hydrogens (tertiary/aromatic N) is 1. The maximum absolute atomic E-state index is 11.6. The van der Waals surface area contributed by atoms with E-state index in [1.807, 2.05) is 5.32 Å². The highest BCUT2D eigenvalue weighted by Crippen LogP contribution is 2.17. The van der Waals surface area contributed by atoms with Gasteiger partial charge in [-0.3, -0.25) is 10.1 Å². The number of aliphatic carboxylic acids is 1. The summed E-state index contributed by atoms with van der Waals surface area (Å²) in [5.41, 5.74) is -1.03. The number of alkyl carbamates (subject to hydrolysis) is 1. The highest BCUT2D eigenvalue weighted by atomic mass is 16.7. The molecule has 11 nitrogen and oxygen atoms in total. The van der Waals surface area contributed by atoms with Gasteiger partial charge in [-0.1, -0.05) is 0 Å². The lowest BCUT2D eigenvalue weighted by Crippen LogP contribution is -2.46. The molecule has 1 aromatic rings. The average molecular weight is 370 g/mol. The largest absolute Gasteiger partial charge is 0.513 e. The van der Waals surface area contributed by atoms with Crippen molar-refractivity contribution in [3.8, 4) is 5.75 Å². The lowest BCUT2D eigenvalue weighted by molar-refractivity contribution is -0.384. The lowest BCUT2D eigenvalue weighted by atomic mass is 10.2. The zero-order valence-electron chi connectivity index (χ0n) is 14.3. The molecule has 26 heavy (non-hydrogen) atoms. The fourth-order valence-corrected chi connectivity index (χ4v) is 1.54. The Bertz CT molecular complexity index is 679. The lowest BCUT2D eigenvalue weighted by Gasteiger charge is -2.21. The van der Waals surface area contributed by atoms with Gasteiger partial charge >= 0.3 is 18.2 Å². The molecule has 0 heterocycles. The molecule has 0 fully saturated rings. The number of nitrogens with one attached hydrogen (secondary N) is 1. The highest BCUT2D eigenvalue weighted by Gasteiger charge is 2.25. The Morgan fingerprint density at radius 3 is 2.27 bits per heavy atom. The molecule has 2 N–H and O–H groups in total. The van der Waals surface area contributed by atoms with Gasteiger partial charge in [-0.25, -0.2) is 14.4 Å². The molecular weight excluding hydrogens is 352 g/mol. The van der Waals surface area contributed by atoms with Gasteiger partial charge in [0.1, 0.15) is 18.0 Å². The monoisotopic (exact) mass is 370 g/mol. The summed E-state index contributed by atoms with van der Waals surface area (Å²) in [7, 11) is 0. The second-order valence-corrected chi connectivity index (χ2v) is 5.95. The van der Waals surface area contributed by atoms with Crippen LogP contribution in [0, 0.1) is 10.1 Å². The molecule has 0 unspecified atom stereocenters. The normalized spacial score (nSPS) is 11.8. The minimum absolute atomic E-state index is 0.0347. The van der Waals surface area contributed by atoms with Crippen molar-refractivity contribution in [2.24, 2.45) is 0 Å². The summed E-state index contributed by atoms with van der Waals surface area (Å²) < 4.78 is 14.3. The minimum atomic E-state index is -1.55. The Kier molecular flexibility index (Phi) is 6.88. The Morgan fingerprint density at radius 1 is 1.23 bits per heavy atom. The topological polar surface area (TPSA) is 154 Å². The third kappa shape index (κ3) is 7.47. The number of rotatable bonds is 6. The average Bonchev–Trinajstić information content (AvgIpc) is 2.49. The summed E-state index contributed by atoms with van der Waals surface area (Å²) >= 11 is 0. The molecule has 1 atom stereocenters. The quantitative estimate of drug-likeness (QED) is 0.331. The van der Waals surface area contributed by atoms with Crippen LogP contribution in [0.2, 0.25) is 0 Å². The van der Waals surface area contributed by atoms with Gasteiger partial charge in [-0.05, 0) is 32.9 Å². The maximum Gasteiger partial charge on any atom is 0.513 e. The molecule has 0 aliphatic heterocycles. The van der Waals surface area contributed by atoms with Crippen LogP contribution >= 0.6 is 0 Å². The molecule has 1 aromatic carbocycles. The number of carboxylic acids is 1. The van der Waals surface area contributed by atoms with Crippen LogP contribution in [0.4, 0.5) is 15.3 Å². The molecule has 0 aromatic heterocycles. The number of non-ortho nitro benzene ring substituents is 1. The van der Waals surface area contributed by atoms with Crippen molar-refractivity contribution in [1.82, 2.24) is 5.32 Å². The van der Waals surface area contributed by atoms with Crippen molar-refractivity contribution < 1.29 is 38.6 Å². The van der Waals surface area contributed by atoms with E-state index in [4.69, 9.17) is 14.6 Å². The van der Waals surface area contributed by atoms with E-state index in [0.29, 0.717) is 0 Å². The smallest absolute Gasteiger partial charge is 0.480 e. The molecule has 142 valence electrons. The van der Waals surface area contributed by atoms with Crippen molar-refractivity contribution >= 4 is 23.9 Å². The van der Waals surface area contributed by atoms with Gasteiger partial charge in [-0.15, -0.1) is 0 Å². The first kappa shape index (κ1) is 20.7. The number of ether oxygens (including phenoxy) is 3. The summed E-state index contributed by atoms with van der Waals surface area (Å²) in [6.07, 6.45) is -2.23. The molecule has 1 rings (SSSR count). The molecule has 0 aliphatic carbocycles. The van der Waals surface area contributed by atoms with Crippen LogP contribution in [0.1, 0.15) is 20.8 Å². The van der Waals surface area contributed by atoms with Gasteiger partial charge in [0.25, 0.3) is 5.69 Å². The van der Waals surface area contributed by atoms with Gasteiger partial charge in [-0.2, -0.15) is 0 Å². The van der Waals surface area contributed by atoms with Crippen LogP contribution in [0.15, 0.2) is 24.3 Å². The van der Waals surface area contributed by atoms with E-state index in [2.05, 4.69) is 4.74 Å². The molecule has 11 heteroatoms. The van der Waals surface area contributed by atoms with Crippen LogP contribution in [-0.4, -0.2) is 46.5 Å². The van der Waals surface area contributed by atoms with Gasteiger partial charge < -0.3 is 24.6 Å². The summed E-state index contributed by atoms with van der Waals surface area (Å²) in [5.74, 6) is -1.48. The number of carbonyl (C=O) groups is 3. The van der Waals surface area contributed by atoms with Gasteiger partial charge in [0.2, 0.25) is 0 Å². The van der Waals surface area contributed by atoms with Gasteiger partial charge in [0.05, 0.1) is 4.92 Å². The molecule has 0 saturated heterocycles. The standard InChI is InChI=1S/C15H18N2O9/c1-15(2,3)26-13(20)16-11(12(18)19)8-24-14(21)25-10-6-4-9(5-7-10)17(22)23/h4-7,11H,8H2,1-3H3,(H,16,20)(H,18,19)/t11-/m0/s1. The number of carboxylic acid groups (broad SMARTS) is 1. The predicted octanol–water partition coefficient (Wildman–Crippen LogP) is 2.09. The summed E-state index contributed by atoms with van der Waals surface area (Å²) in [4.78, 5) is 44.1. The minimum Gasteiger partial charge on any atom is -0.480 e. The number of nitro benzene ring substituents is 1. The molecule has 0 bridgehead atoms. The highest BCUT2D eigenvalue weighted by molar-refractivity contribution is 5.80. The SMILES string of the molecule is CC(C)(C)OC(=O)N[C@@H](COC(=O)Oc1ccc([N+](=O)[O-])cc1)C(=O)O. The van der Waals surface area contributed by atoms with Crippen molar-refractivity contribution in [2.75, 3.05) is 6.61 Å². The van der Waals surface area contributed by atoms with Gasteiger partial charge in [0, 0.05) is 12.1 Å². The Hall–Kier alpha value is -3.37. The maximum atomic E-state index is 11.6. The molecular formula is C15H18N2O9. The van der Waals surface area contributed by atoms with E-state index in [9.17, 15) is 24.5 Å². The molecule has 0 aliphatic rings. The Balaban J connectivity index is 2.55. The van der Waals surface area contributed by atoms with Crippen molar-refractivity contribution in [1.29, 1.82) is 0 Å². The van der Waals surface area contributed by atoms with Crippen LogP contribution in [0.3, 0.4) is 0 Å². The second kappa shape index (κ2) is 8.65. The summed E-state index contributed by atoms with van der Waals surface area (Å²) in [6.45, 7) is 4.08. The first-order valence-electron chi connectivity index (χ1n) is 7.29. The zero-order valence-corrected chi connectivity index (χ0v) is 14.3. The van der Waals surface area contributed by atoms with E-state index in [-0.39, 0.29) is 11.4 Å². The molecule has 0 saturated carbocycles. The van der Waals surface area contributed by atoms with Crippen LogP contribution in [0.25, 0.3) is 0 Å². The van der Waals surface area contributed by atoms with Crippen LogP contribution in [-0.2, 0) is 14.3 Å². The zero-order chi connectivity index (χ0) is 19.9. The number of hydrogen-bond donors (Lipinski definition) is 2.